The number of hydrogen-bond donors (Lipinski definition) is 3. The van der Waals surface area contributed by atoms with Crippen molar-refractivity contribution in [1.82, 2.24) is 20.2 Å². The van der Waals surface area contributed by atoms with Crippen LogP contribution in [0, 0.1) is 6.92 Å². The van der Waals surface area contributed by atoms with E-state index in [0.717, 1.165) is 23.1 Å². The number of carbonyl (C=O) groups is 3. The summed E-state index contributed by atoms with van der Waals surface area (Å²) < 4.78 is 0. The summed E-state index contributed by atoms with van der Waals surface area (Å²) in [6, 6.07) is 5.04. The highest BCUT2D eigenvalue weighted by molar-refractivity contribution is 7.11. The fourth-order valence-electron chi connectivity index (χ4n) is 3.76. The number of likely N-dealkylation sites (tertiary alicyclic amines) is 1. The molecule has 39 heavy (non-hydrogen) atoms. The van der Waals surface area contributed by atoms with E-state index < -0.39 is 0 Å². The fourth-order valence-corrected chi connectivity index (χ4v) is 4.80. The number of phenolic OH excluding ortho intramolecular Hbond substituents is 1. The average molecular weight is 570 g/mol. The highest BCUT2D eigenvalue weighted by Crippen LogP contribution is 2.37. The molecule has 0 bridgehead atoms. The van der Waals surface area contributed by atoms with Gasteiger partial charge in [-0.1, -0.05) is 39.0 Å². The van der Waals surface area contributed by atoms with Crippen LogP contribution < -0.4 is 10.6 Å². The normalized spacial score (nSPS) is 13.0. The van der Waals surface area contributed by atoms with Gasteiger partial charge in [-0.25, -0.2) is 4.98 Å². The largest absolute Gasteiger partial charge is 0.506 e. The summed E-state index contributed by atoms with van der Waals surface area (Å²) >= 11 is 7.65. The number of thiazole rings is 1. The van der Waals surface area contributed by atoms with Crippen molar-refractivity contribution in [3.63, 3.8) is 0 Å². The molecule has 3 heterocycles. The lowest BCUT2D eigenvalue weighted by Gasteiger charge is -2.38. The SMILES string of the molecule is C=CC(=O)N1CC(NC(=O)c2cncc(CNc3cc(C(C)(C)C)c(Cl)cc3O)c2)C1.Cc1csc(C=O)n1. The number of rotatable bonds is 7. The van der Waals surface area contributed by atoms with Crippen molar-refractivity contribution in [3.8, 4) is 5.75 Å². The molecule has 1 aliphatic heterocycles. The number of hydrogen-bond acceptors (Lipinski definition) is 8. The molecule has 1 aliphatic rings. The Morgan fingerprint density at radius 1 is 1.26 bits per heavy atom. The Kier molecular flexibility index (Phi) is 9.82. The van der Waals surface area contributed by atoms with Crippen LogP contribution in [0.5, 0.6) is 5.75 Å². The number of aromatic hydroxyl groups is 1. The standard InChI is InChI=1S/C23H27ClN4O3.C5H5NOS/c1-5-21(30)28-12-16(13-28)27-22(31)15-6-14(9-25-11-15)10-26-19-7-17(23(2,3)4)18(24)8-20(19)29;1-4-3-8-5(2-7)6-4/h5-9,11,16,26,29H,1,10,12-13H2,2-4H3,(H,27,31);2-3H,1H3. The number of aryl methyl sites for hydroxylation is 1. The van der Waals surface area contributed by atoms with E-state index in [1.807, 2.05) is 18.4 Å². The van der Waals surface area contributed by atoms with Gasteiger partial charge in [0.25, 0.3) is 5.91 Å². The van der Waals surface area contributed by atoms with Gasteiger partial charge in [-0.05, 0) is 41.7 Å². The van der Waals surface area contributed by atoms with Crippen molar-refractivity contribution >= 4 is 46.7 Å². The molecule has 9 nitrogen and oxygen atoms in total. The molecule has 1 fully saturated rings. The van der Waals surface area contributed by atoms with Gasteiger partial charge in [-0.15, -0.1) is 11.3 Å². The molecule has 0 saturated carbocycles. The van der Waals surface area contributed by atoms with E-state index >= 15 is 0 Å². The minimum absolute atomic E-state index is 0.0588. The van der Waals surface area contributed by atoms with Gasteiger partial charge in [0.2, 0.25) is 5.91 Å². The maximum Gasteiger partial charge on any atom is 0.253 e. The minimum Gasteiger partial charge on any atom is -0.506 e. The first kappa shape index (κ1) is 29.8. The van der Waals surface area contributed by atoms with Gasteiger partial charge in [0.15, 0.2) is 11.3 Å². The predicted molar refractivity (Wildman–Crippen MR) is 154 cm³/mol. The molecule has 11 heteroatoms. The average Bonchev–Trinajstić information content (AvgIpc) is 3.30. The number of carbonyl (C=O) groups excluding carboxylic acids is 3. The molecular weight excluding hydrogens is 538 g/mol. The van der Waals surface area contributed by atoms with Crippen molar-refractivity contribution in [1.29, 1.82) is 0 Å². The highest BCUT2D eigenvalue weighted by Gasteiger charge is 2.30. The zero-order valence-electron chi connectivity index (χ0n) is 22.3. The topological polar surface area (TPSA) is 125 Å². The molecule has 0 aliphatic carbocycles. The Morgan fingerprint density at radius 2 is 1.97 bits per heavy atom. The van der Waals surface area contributed by atoms with Gasteiger partial charge >= 0.3 is 0 Å². The van der Waals surface area contributed by atoms with Gasteiger partial charge in [-0.3, -0.25) is 19.4 Å². The Morgan fingerprint density at radius 3 is 2.54 bits per heavy atom. The maximum absolute atomic E-state index is 12.5. The highest BCUT2D eigenvalue weighted by atomic mass is 35.5. The molecule has 1 saturated heterocycles. The molecular formula is C28H32ClN5O4S. The maximum atomic E-state index is 12.5. The molecule has 0 radical (unpaired) electrons. The molecule has 2 aromatic heterocycles. The third-order valence-electron chi connectivity index (χ3n) is 5.87. The first-order valence-corrected chi connectivity index (χ1v) is 13.5. The van der Waals surface area contributed by atoms with E-state index in [0.29, 0.717) is 40.9 Å². The zero-order chi connectivity index (χ0) is 28.7. The molecule has 3 N–H and O–H groups in total. The first-order chi connectivity index (χ1) is 18.4. The van der Waals surface area contributed by atoms with Crippen molar-refractivity contribution in [2.45, 2.75) is 45.7 Å². The summed E-state index contributed by atoms with van der Waals surface area (Å²) in [5, 5.41) is 19.3. The third-order valence-corrected chi connectivity index (χ3v) is 7.07. The van der Waals surface area contributed by atoms with Gasteiger partial charge in [0.1, 0.15) is 5.75 Å². The molecule has 0 atom stereocenters. The summed E-state index contributed by atoms with van der Waals surface area (Å²) in [7, 11) is 0. The van der Waals surface area contributed by atoms with Crippen molar-refractivity contribution in [2.75, 3.05) is 18.4 Å². The summed E-state index contributed by atoms with van der Waals surface area (Å²) in [5.41, 5.74) is 3.45. The lowest BCUT2D eigenvalue weighted by molar-refractivity contribution is -0.130. The molecule has 1 aromatic carbocycles. The lowest BCUT2D eigenvalue weighted by atomic mass is 9.86. The number of halogens is 1. The molecule has 0 spiro atoms. The van der Waals surface area contributed by atoms with Crippen molar-refractivity contribution in [3.05, 3.63) is 81.0 Å². The van der Waals surface area contributed by atoms with Gasteiger partial charge < -0.3 is 20.6 Å². The molecule has 0 unspecified atom stereocenters. The zero-order valence-corrected chi connectivity index (χ0v) is 23.9. The van der Waals surface area contributed by atoms with E-state index in [9.17, 15) is 19.5 Å². The van der Waals surface area contributed by atoms with Crippen LogP contribution in [-0.2, 0) is 16.8 Å². The predicted octanol–water partition coefficient (Wildman–Crippen LogP) is 4.74. The number of phenols is 1. The number of aromatic nitrogens is 2. The van der Waals surface area contributed by atoms with Gasteiger partial charge in [0, 0.05) is 54.2 Å². The number of nitrogens with one attached hydrogen (secondary N) is 2. The number of aldehydes is 1. The first-order valence-electron chi connectivity index (χ1n) is 12.2. The number of anilines is 1. The third kappa shape index (κ3) is 8.11. The van der Waals surface area contributed by atoms with E-state index in [-0.39, 0.29) is 29.0 Å². The van der Waals surface area contributed by atoms with Gasteiger partial charge in [0.05, 0.1) is 17.3 Å². The molecule has 4 rings (SSSR count). The number of pyridine rings is 1. The second kappa shape index (κ2) is 12.9. The fraction of sp³-hybridized carbons (Fsp3) is 0.321. The van der Waals surface area contributed by atoms with Crippen LogP contribution in [0.25, 0.3) is 0 Å². The Bertz CT molecular complexity index is 1360. The second-order valence-corrected chi connectivity index (χ2v) is 11.4. The van der Waals surface area contributed by atoms with E-state index in [2.05, 4.69) is 48.0 Å². The van der Waals surface area contributed by atoms with Crippen LogP contribution in [0.3, 0.4) is 0 Å². The van der Waals surface area contributed by atoms with E-state index in [1.165, 1.54) is 29.7 Å². The summed E-state index contributed by atoms with van der Waals surface area (Å²) in [5.74, 6) is -0.321. The quantitative estimate of drug-likeness (QED) is 0.213. The van der Waals surface area contributed by atoms with E-state index in [4.69, 9.17) is 11.6 Å². The number of amides is 2. The van der Waals surface area contributed by atoms with Crippen LogP contribution in [0.2, 0.25) is 5.02 Å². The van der Waals surface area contributed by atoms with E-state index in [1.54, 1.807) is 17.2 Å². The molecule has 206 valence electrons. The molecule has 3 aromatic rings. The smallest absolute Gasteiger partial charge is 0.253 e. The monoisotopic (exact) mass is 569 g/mol. The van der Waals surface area contributed by atoms with Crippen molar-refractivity contribution in [2.24, 2.45) is 0 Å². The molecule has 2 amide bonds. The van der Waals surface area contributed by atoms with Crippen LogP contribution in [-0.4, -0.2) is 57.2 Å². The van der Waals surface area contributed by atoms with Crippen LogP contribution in [0.4, 0.5) is 5.69 Å². The minimum atomic E-state index is -0.241. The Balaban J connectivity index is 0.000000449. The van der Waals surface area contributed by atoms with Gasteiger partial charge in [-0.2, -0.15) is 0 Å². The van der Waals surface area contributed by atoms with Crippen molar-refractivity contribution < 1.29 is 19.5 Å². The second-order valence-electron chi connectivity index (χ2n) is 10.1. The van der Waals surface area contributed by atoms with Crippen LogP contribution in [0.1, 0.15) is 57.8 Å². The van der Waals surface area contributed by atoms with Crippen LogP contribution in [0.15, 0.2) is 48.6 Å². The van der Waals surface area contributed by atoms with Crippen LogP contribution >= 0.6 is 22.9 Å². The Hall–Kier alpha value is -3.76. The summed E-state index contributed by atoms with van der Waals surface area (Å²) in [6.07, 6.45) is 5.19. The lowest BCUT2D eigenvalue weighted by Crippen LogP contribution is -2.60. The number of nitrogens with zero attached hydrogens (tertiary/aromatic N) is 3. The number of benzene rings is 1. The summed E-state index contributed by atoms with van der Waals surface area (Å²) in [4.78, 5) is 43.6. The summed E-state index contributed by atoms with van der Waals surface area (Å²) in [6.45, 7) is 12.8. The Labute approximate surface area is 236 Å².